The van der Waals surface area contributed by atoms with E-state index in [-0.39, 0.29) is 11.9 Å². The molecule has 3 unspecified atom stereocenters. The molecule has 20 heavy (non-hydrogen) atoms. The molecule has 2 aliphatic rings. The van der Waals surface area contributed by atoms with Gasteiger partial charge in [-0.05, 0) is 49.8 Å². The van der Waals surface area contributed by atoms with Gasteiger partial charge in [-0.3, -0.25) is 4.99 Å². The number of aryl methyl sites for hydroxylation is 1. The minimum Gasteiger partial charge on any atom is -0.358 e. The second kappa shape index (κ2) is 5.76. The molecule has 0 aromatic heterocycles. The summed E-state index contributed by atoms with van der Waals surface area (Å²) >= 11 is 1.82. The van der Waals surface area contributed by atoms with Crippen molar-refractivity contribution in [3.05, 3.63) is 35.1 Å². The summed E-state index contributed by atoms with van der Waals surface area (Å²) in [6.07, 6.45) is 3.86. The number of benzene rings is 1. The highest BCUT2D eigenvalue weighted by Crippen LogP contribution is 2.35. The number of rotatable bonds is 2. The van der Waals surface area contributed by atoms with Gasteiger partial charge in [0.2, 0.25) is 0 Å². The van der Waals surface area contributed by atoms with Crippen LogP contribution in [0, 0.1) is 18.7 Å². The lowest BCUT2D eigenvalue weighted by atomic mass is 10.1. The highest BCUT2D eigenvalue weighted by Gasteiger charge is 2.31. The van der Waals surface area contributed by atoms with E-state index in [2.05, 4.69) is 12.2 Å². The van der Waals surface area contributed by atoms with E-state index in [1.165, 1.54) is 25.0 Å². The molecular weight excluding hydrogens is 271 g/mol. The fourth-order valence-corrected chi connectivity index (χ4v) is 4.21. The third-order valence-corrected chi connectivity index (χ3v) is 5.46. The third-order valence-electron chi connectivity index (χ3n) is 4.37. The Hall–Kier alpha value is -1.03. The largest absolute Gasteiger partial charge is 0.358 e. The highest BCUT2D eigenvalue weighted by molar-refractivity contribution is 8.13. The normalized spacial score (nSPS) is 26.9. The van der Waals surface area contributed by atoms with Crippen LogP contribution in [0.1, 0.15) is 43.4 Å². The minimum absolute atomic E-state index is 0.0919. The van der Waals surface area contributed by atoms with Gasteiger partial charge in [0.05, 0.1) is 12.1 Å². The predicted molar refractivity (Wildman–Crippen MR) is 83.7 cm³/mol. The van der Waals surface area contributed by atoms with Gasteiger partial charge in [0.25, 0.3) is 0 Å². The number of halogens is 1. The molecule has 1 N–H and O–H groups in total. The lowest BCUT2D eigenvalue weighted by Crippen LogP contribution is -2.31. The van der Waals surface area contributed by atoms with E-state index >= 15 is 0 Å². The molecular formula is C16H21FN2S. The first-order valence-corrected chi connectivity index (χ1v) is 8.35. The van der Waals surface area contributed by atoms with Crippen LogP contribution < -0.4 is 5.32 Å². The SMILES string of the molecule is Cc1ccc(C(C)NC2=NC3CCCC3CS2)cc1F. The van der Waals surface area contributed by atoms with Gasteiger partial charge in [0.15, 0.2) is 5.17 Å². The Bertz CT molecular complexity index is 529. The Morgan fingerprint density at radius 1 is 1.40 bits per heavy atom. The topological polar surface area (TPSA) is 24.4 Å². The van der Waals surface area contributed by atoms with E-state index < -0.39 is 0 Å². The lowest BCUT2D eigenvalue weighted by Gasteiger charge is -2.25. The Balaban J connectivity index is 1.69. The first kappa shape index (κ1) is 13.9. The monoisotopic (exact) mass is 292 g/mol. The molecule has 0 amide bonds. The van der Waals surface area contributed by atoms with Crippen molar-refractivity contribution < 1.29 is 4.39 Å². The molecule has 108 valence electrons. The van der Waals surface area contributed by atoms with Crippen molar-refractivity contribution in [2.24, 2.45) is 10.9 Å². The van der Waals surface area contributed by atoms with Gasteiger partial charge >= 0.3 is 0 Å². The van der Waals surface area contributed by atoms with Crippen LogP contribution in [-0.4, -0.2) is 17.0 Å². The Kier molecular flexibility index (Phi) is 4.01. The molecule has 1 heterocycles. The average Bonchev–Trinajstić information content (AvgIpc) is 2.89. The second-order valence-corrected chi connectivity index (χ2v) is 6.89. The zero-order chi connectivity index (χ0) is 14.1. The van der Waals surface area contributed by atoms with E-state index in [0.717, 1.165) is 16.6 Å². The van der Waals surface area contributed by atoms with Crippen LogP contribution in [0.3, 0.4) is 0 Å². The van der Waals surface area contributed by atoms with Crippen molar-refractivity contribution in [2.45, 2.75) is 45.2 Å². The molecule has 0 bridgehead atoms. The molecule has 0 saturated heterocycles. The number of aliphatic imine (C=N–C) groups is 1. The van der Waals surface area contributed by atoms with E-state index in [1.54, 1.807) is 13.0 Å². The van der Waals surface area contributed by atoms with Gasteiger partial charge in [-0.25, -0.2) is 4.39 Å². The molecule has 1 aliphatic carbocycles. The maximum atomic E-state index is 13.6. The maximum absolute atomic E-state index is 13.6. The number of thioether (sulfide) groups is 1. The van der Waals surface area contributed by atoms with Crippen molar-refractivity contribution >= 4 is 16.9 Å². The summed E-state index contributed by atoms with van der Waals surface area (Å²) < 4.78 is 13.6. The van der Waals surface area contributed by atoms with Gasteiger partial charge in [-0.1, -0.05) is 30.3 Å². The molecule has 0 spiro atoms. The molecule has 1 saturated carbocycles. The number of hydrogen-bond donors (Lipinski definition) is 1. The second-order valence-electron chi connectivity index (χ2n) is 5.88. The van der Waals surface area contributed by atoms with Crippen molar-refractivity contribution in [3.63, 3.8) is 0 Å². The van der Waals surface area contributed by atoms with Crippen molar-refractivity contribution in [2.75, 3.05) is 5.75 Å². The molecule has 3 rings (SSSR count). The number of nitrogens with one attached hydrogen (secondary N) is 1. The molecule has 2 nitrogen and oxygen atoms in total. The summed E-state index contributed by atoms with van der Waals surface area (Å²) in [5.41, 5.74) is 1.67. The quantitative estimate of drug-likeness (QED) is 0.889. The zero-order valence-corrected chi connectivity index (χ0v) is 12.8. The van der Waals surface area contributed by atoms with E-state index in [0.29, 0.717) is 11.6 Å². The fourth-order valence-electron chi connectivity index (χ4n) is 2.98. The Morgan fingerprint density at radius 2 is 2.25 bits per heavy atom. The molecule has 4 heteroatoms. The Labute approximate surface area is 124 Å². The molecule has 1 aliphatic heterocycles. The van der Waals surface area contributed by atoms with Gasteiger partial charge in [0, 0.05) is 5.75 Å². The van der Waals surface area contributed by atoms with Gasteiger partial charge in [-0.15, -0.1) is 0 Å². The zero-order valence-electron chi connectivity index (χ0n) is 12.0. The van der Waals surface area contributed by atoms with Crippen LogP contribution in [0.15, 0.2) is 23.2 Å². The van der Waals surface area contributed by atoms with Crippen LogP contribution >= 0.6 is 11.8 Å². The number of nitrogens with zero attached hydrogens (tertiary/aromatic N) is 1. The third kappa shape index (κ3) is 2.85. The maximum Gasteiger partial charge on any atom is 0.157 e. The highest BCUT2D eigenvalue weighted by atomic mass is 32.2. The van der Waals surface area contributed by atoms with Crippen LogP contribution in [0.25, 0.3) is 0 Å². The molecule has 3 atom stereocenters. The van der Waals surface area contributed by atoms with Crippen LogP contribution in [0.4, 0.5) is 4.39 Å². The van der Waals surface area contributed by atoms with Crippen LogP contribution in [-0.2, 0) is 0 Å². The smallest absolute Gasteiger partial charge is 0.157 e. The van der Waals surface area contributed by atoms with Crippen LogP contribution in [0.5, 0.6) is 0 Å². The molecule has 1 fully saturated rings. The summed E-state index contributed by atoms with van der Waals surface area (Å²) in [6.45, 7) is 3.85. The van der Waals surface area contributed by atoms with Gasteiger partial charge in [0.1, 0.15) is 5.82 Å². The predicted octanol–water partition coefficient (Wildman–Crippen LogP) is 4.06. The van der Waals surface area contributed by atoms with Crippen LogP contribution in [0.2, 0.25) is 0 Å². The first-order chi connectivity index (χ1) is 9.63. The average molecular weight is 292 g/mol. The summed E-state index contributed by atoms with van der Waals surface area (Å²) in [5, 5.41) is 4.47. The minimum atomic E-state index is -0.134. The molecule has 1 aromatic rings. The summed E-state index contributed by atoms with van der Waals surface area (Å²) in [4.78, 5) is 4.82. The summed E-state index contributed by atoms with van der Waals surface area (Å²) in [5.74, 6) is 1.81. The lowest BCUT2D eigenvalue weighted by molar-refractivity contribution is 0.530. The number of hydrogen-bond acceptors (Lipinski definition) is 3. The van der Waals surface area contributed by atoms with E-state index in [9.17, 15) is 4.39 Å². The van der Waals surface area contributed by atoms with Gasteiger partial charge in [-0.2, -0.15) is 0 Å². The summed E-state index contributed by atoms with van der Waals surface area (Å²) in [6, 6.07) is 6.06. The fraction of sp³-hybridized carbons (Fsp3) is 0.562. The molecule has 1 aromatic carbocycles. The number of fused-ring (bicyclic) bond motifs is 1. The van der Waals surface area contributed by atoms with Crippen molar-refractivity contribution in [3.8, 4) is 0 Å². The summed E-state index contributed by atoms with van der Waals surface area (Å²) in [7, 11) is 0. The standard InChI is InChI=1S/C16H21FN2S/c1-10-6-7-12(8-14(10)17)11(2)18-16-19-15-5-3-4-13(15)9-20-16/h6-8,11,13,15H,3-5,9H2,1-2H3,(H,18,19). The van der Waals surface area contributed by atoms with E-state index in [4.69, 9.17) is 4.99 Å². The first-order valence-electron chi connectivity index (χ1n) is 7.36. The van der Waals surface area contributed by atoms with Gasteiger partial charge < -0.3 is 5.32 Å². The van der Waals surface area contributed by atoms with Crippen molar-refractivity contribution in [1.29, 1.82) is 0 Å². The number of amidine groups is 1. The van der Waals surface area contributed by atoms with E-state index in [1.807, 2.05) is 23.9 Å². The van der Waals surface area contributed by atoms with Crippen molar-refractivity contribution in [1.82, 2.24) is 5.32 Å². The molecule has 0 radical (unpaired) electrons. The Morgan fingerprint density at radius 3 is 3.05 bits per heavy atom.